The van der Waals surface area contributed by atoms with Gasteiger partial charge >= 0.3 is 0 Å². The number of unbranched alkanes of at least 4 members (excludes halogenated alkanes) is 5. The molecule has 1 atom stereocenters. The molecule has 0 saturated heterocycles. The maximum Gasteiger partial charge on any atom is 0.163 e. The van der Waals surface area contributed by atoms with Crippen molar-refractivity contribution in [3.8, 4) is 16.9 Å². The molecular weight excluding hydrogens is 344 g/mol. The summed E-state index contributed by atoms with van der Waals surface area (Å²) in [5, 5.41) is 0. The Morgan fingerprint density at radius 1 is 0.821 bits per heavy atom. The molecule has 28 heavy (non-hydrogen) atoms. The zero-order valence-corrected chi connectivity index (χ0v) is 17.9. The van der Waals surface area contributed by atoms with Gasteiger partial charge in [0, 0.05) is 12.0 Å². The zero-order valence-electron chi connectivity index (χ0n) is 17.9. The summed E-state index contributed by atoms with van der Waals surface area (Å²) in [6, 6.07) is 16.2. The summed E-state index contributed by atoms with van der Waals surface area (Å²) in [5.74, 6) is 1.60. The van der Waals surface area contributed by atoms with Gasteiger partial charge in [-0.2, -0.15) is 0 Å². The fourth-order valence-corrected chi connectivity index (χ4v) is 3.24. The summed E-state index contributed by atoms with van der Waals surface area (Å²) in [6.07, 6.45) is 9.32. The number of benzene rings is 2. The monoisotopic (exact) mass is 380 g/mol. The Morgan fingerprint density at radius 2 is 1.39 bits per heavy atom. The summed E-state index contributed by atoms with van der Waals surface area (Å²) < 4.78 is 5.86. The van der Waals surface area contributed by atoms with Gasteiger partial charge in [0.15, 0.2) is 5.78 Å². The van der Waals surface area contributed by atoms with E-state index < -0.39 is 0 Å². The third-order valence-corrected chi connectivity index (χ3v) is 5.39. The van der Waals surface area contributed by atoms with Gasteiger partial charge in [-0.25, -0.2) is 0 Å². The van der Waals surface area contributed by atoms with Gasteiger partial charge in [0.1, 0.15) is 5.75 Å². The normalized spacial score (nSPS) is 12.0. The molecule has 0 bridgehead atoms. The largest absolute Gasteiger partial charge is 0.494 e. The smallest absolute Gasteiger partial charge is 0.163 e. The number of hydrogen-bond acceptors (Lipinski definition) is 2. The van der Waals surface area contributed by atoms with E-state index in [4.69, 9.17) is 4.74 Å². The summed E-state index contributed by atoms with van der Waals surface area (Å²) in [7, 11) is 0. The van der Waals surface area contributed by atoms with Crippen molar-refractivity contribution in [3.63, 3.8) is 0 Å². The lowest BCUT2D eigenvalue weighted by Gasteiger charge is -2.09. The van der Waals surface area contributed by atoms with Gasteiger partial charge in [-0.05, 0) is 35.6 Å². The Balaban J connectivity index is 1.81. The van der Waals surface area contributed by atoms with Crippen molar-refractivity contribution < 1.29 is 9.53 Å². The van der Waals surface area contributed by atoms with Crippen molar-refractivity contribution in [3.05, 3.63) is 54.1 Å². The molecule has 0 aliphatic heterocycles. The van der Waals surface area contributed by atoms with Crippen molar-refractivity contribution in [2.24, 2.45) is 5.92 Å². The van der Waals surface area contributed by atoms with Crippen LogP contribution in [0.25, 0.3) is 11.1 Å². The highest BCUT2D eigenvalue weighted by atomic mass is 16.5. The molecule has 2 aromatic carbocycles. The third-order valence-electron chi connectivity index (χ3n) is 5.39. The first-order valence-electron chi connectivity index (χ1n) is 11.0. The van der Waals surface area contributed by atoms with Gasteiger partial charge in [0.2, 0.25) is 0 Å². The fourth-order valence-electron chi connectivity index (χ4n) is 3.24. The zero-order chi connectivity index (χ0) is 20.2. The number of carbonyl (C=O) groups excluding carboxylic acids is 1. The summed E-state index contributed by atoms with van der Waals surface area (Å²) in [6.45, 7) is 7.29. The molecular formula is C26H36O2. The number of carbonyl (C=O) groups is 1. The second kappa shape index (κ2) is 12.4. The highest BCUT2D eigenvalue weighted by Crippen LogP contribution is 2.24. The molecule has 0 amide bonds. The molecule has 0 unspecified atom stereocenters. The van der Waals surface area contributed by atoms with Crippen LogP contribution in [-0.4, -0.2) is 12.4 Å². The molecule has 2 rings (SSSR count). The molecule has 152 valence electrons. The average molecular weight is 381 g/mol. The topological polar surface area (TPSA) is 26.3 Å². The highest BCUT2D eigenvalue weighted by Gasteiger charge is 2.10. The van der Waals surface area contributed by atoms with Crippen LogP contribution >= 0.6 is 0 Å². The van der Waals surface area contributed by atoms with E-state index in [0.717, 1.165) is 41.9 Å². The van der Waals surface area contributed by atoms with Crippen molar-refractivity contribution in [1.82, 2.24) is 0 Å². The summed E-state index contributed by atoms with van der Waals surface area (Å²) in [5.41, 5.74) is 3.08. The van der Waals surface area contributed by atoms with Gasteiger partial charge in [0.05, 0.1) is 6.61 Å². The first-order valence-corrected chi connectivity index (χ1v) is 11.0. The number of rotatable bonds is 13. The Labute approximate surface area is 171 Å². The van der Waals surface area contributed by atoms with Crippen molar-refractivity contribution in [2.75, 3.05) is 6.61 Å². The van der Waals surface area contributed by atoms with Crippen molar-refractivity contribution in [1.29, 1.82) is 0 Å². The molecule has 2 heteroatoms. The van der Waals surface area contributed by atoms with Crippen LogP contribution < -0.4 is 4.74 Å². The minimum Gasteiger partial charge on any atom is -0.494 e. The van der Waals surface area contributed by atoms with Crippen molar-refractivity contribution in [2.45, 2.75) is 72.1 Å². The van der Waals surface area contributed by atoms with Crippen LogP contribution in [0.3, 0.4) is 0 Å². The highest BCUT2D eigenvalue weighted by molar-refractivity contribution is 5.96. The molecule has 0 radical (unpaired) electrons. The van der Waals surface area contributed by atoms with Crippen LogP contribution in [0.4, 0.5) is 0 Å². The predicted molar refractivity (Wildman–Crippen MR) is 119 cm³/mol. The molecule has 0 fully saturated rings. The fraction of sp³-hybridized carbons (Fsp3) is 0.500. The van der Waals surface area contributed by atoms with Crippen LogP contribution in [0.1, 0.15) is 82.5 Å². The maximum atomic E-state index is 12.3. The minimum atomic E-state index is 0.236. The molecule has 0 heterocycles. The molecule has 0 spiro atoms. The number of hydrogen-bond donors (Lipinski definition) is 0. The number of ketones is 1. The van der Waals surface area contributed by atoms with Gasteiger partial charge in [0.25, 0.3) is 0 Å². The van der Waals surface area contributed by atoms with E-state index in [9.17, 15) is 4.79 Å². The first kappa shape index (κ1) is 22.2. The summed E-state index contributed by atoms with van der Waals surface area (Å²) >= 11 is 0. The van der Waals surface area contributed by atoms with Crippen LogP contribution in [0.5, 0.6) is 5.75 Å². The van der Waals surface area contributed by atoms with E-state index >= 15 is 0 Å². The number of Topliss-reactive ketones (excluding diaryl/α,β-unsaturated/α-hetero) is 1. The van der Waals surface area contributed by atoms with E-state index in [2.05, 4.69) is 32.9 Å². The van der Waals surface area contributed by atoms with Gasteiger partial charge < -0.3 is 4.74 Å². The van der Waals surface area contributed by atoms with E-state index in [1.165, 1.54) is 32.1 Å². The van der Waals surface area contributed by atoms with Crippen molar-refractivity contribution >= 4 is 5.78 Å². The quantitative estimate of drug-likeness (QED) is 0.263. The molecule has 0 N–H and O–H groups in total. The first-order chi connectivity index (χ1) is 13.6. The van der Waals surface area contributed by atoms with E-state index in [1.807, 2.05) is 36.4 Å². The van der Waals surface area contributed by atoms with Crippen LogP contribution in [0, 0.1) is 5.92 Å². The third kappa shape index (κ3) is 7.50. The average Bonchev–Trinajstić information content (AvgIpc) is 2.73. The number of ether oxygens (including phenoxy) is 1. The SMILES string of the molecule is CCCCCCCCOc1ccc(-c2ccc(C(=O)C[C@@H](C)CC)cc2)cc1. The lowest BCUT2D eigenvalue weighted by Crippen LogP contribution is -2.05. The van der Waals surface area contributed by atoms with Gasteiger partial charge in [-0.15, -0.1) is 0 Å². The van der Waals surface area contributed by atoms with Crippen LogP contribution in [0.2, 0.25) is 0 Å². The van der Waals surface area contributed by atoms with E-state index in [-0.39, 0.29) is 5.78 Å². The second-order valence-electron chi connectivity index (χ2n) is 7.86. The van der Waals surface area contributed by atoms with Crippen LogP contribution in [0.15, 0.2) is 48.5 Å². The Hall–Kier alpha value is -2.09. The second-order valence-corrected chi connectivity index (χ2v) is 7.86. The molecule has 0 aliphatic carbocycles. The van der Waals surface area contributed by atoms with Gasteiger partial charge in [-0.1, -0.05) is 95.7 Å². The van der Waals surface area contributed by atoms with Crippen LogP contribution in [-0.2, 0) is 0 Å². The predicted octanol–water partition coefficient (Wildman–Crippen LogP) is 7.71. The molecule has 2 nitrogen and oxygen atoms in total. The minimum absolute atomic E-state index is 0.236. The lowest BCUT2D eigenvalue weighted by atomic mass is 9.96. The van der Waals surface area contributed by atoms with Gasteiger partial charge in [-0.3, -0.25) is 4.79 Å². The van der Waals surface area contributed by atoms with E-state index in [0.29, 0.717) is 12.3 Å². The molecule has 0 aliphatic rings. The molecule has 2 aromatic rings. The Bertz CT molecular complexity index is 685. The lowest BCUT2D eigenvalue weighted by molar-refractivity contribution is 0.0963. The molecule has 0 saturated carbocycles. The standard InChI is InChI=1S/C26H36O2/c1-4-6-7-8-9-10-19-28-25-17-15-23(16-18-25)22-11-13-24(14-12-22)26(27)20-21(3)5-2/h11-18,21H,4-10,19-20H2,1-3H3/t21-/m0/s1. The Kier molecular flexibility index (Phi) is 9.82. The summed E-state index contributed by atoms with van der Waals surface area (Å²) in [4.78, 5) is 12.3. The Morgan fingerprint density at radius 3 is 2.00 bits per heavy atom. The maximum absolute atomic E-state index is 12.3. The van der Waals surface area contributed by atoms with E-state index in [1.54, 1.807) is 0 Å². The molecule has 0 aromatic heterocycles.